The first kappa shape index (κ1) is 14.2. The third-order valence-electron chi connectivity index (χ3n) is 2.97. The van der Waals surface area contributed by atoms with Gasteiger partial charge in [-0.15, -0.1) is 0 Å². The van der Waals surface area contributed by atoms with Crippen LogP contribution in [0, 0.1) is 0 Å². The lowest BCUT2D eigenvalue weighted by atomic mass is 10.0. The van der Waals surface area contributed by atoms with Gasteiger partial charge in [-0.2, -0.15) is 0 Å². The quantitative estimate of drug-likeness (QED) is 0.846. The average molecular weight is 271 g/mol. The predicted octanol–water partition coefficient (Wildman–Crippen LogP) is 2.45. The van der Waals surface area contributed by atoms with Crippen LogP contribution in [0.15, 0.2) is 54.6 Å². The van der Waals surface area contributed by atoms with Crippen molar-refractivity contribution in [1.29, 1.82) is 0 Å². The Labute approximate surface area is 117 Å². The molecule has 3 N–H and O–H groups in total. The molecule has 2 aromatic carbocycles. The minimum atomic E-state index is -0.989. The molecule has 2 aromatic rings. The molecule has 0 spiro atoms. The van der Waals surface area contributed by atoms with Crippen molar-refractivity contribution in [3.63, 3.8) is 0 Å². The topological polar surface area (TPSA) is 72.5 Å². The van der Waals surface area contributed by atoms with E-state index in [1.165, 1.54) is 0 Å². The molecule has 0 amide bonds. The molecule has 0 radical (unpaired) electrons. The van der Waals surface area contributed by atoms with E-state index >= 15 is 0 Å². The van der Waals surface area contributed by atoms with Gasteiger partial charge in [-0.25, -0.2) is 4.79 Å². The van der Waals surface area contributed by atoms with Crippen LogP contribution >= 0.6 is 0 Å². The Bertz CT molecular complexity index is 552. The molecule has 0 bridgehead atoms. The van der Waals surface area contributed by atoms with Crippen LogP contribution in [-0.2, 0) is 9.53 Å². The number of hydrogen-bond donors (Lipinski definition) is 2. The molecule has 0 aliphatic carbocycles. The zero-order valence-corrected chi connectivity index (χ0v) is 11.0. The highest BCUT2D eigenvalue weighted by molar-refractivity contribution is 5.68. The second-order valence-corrected chi connectivity index (χ2v) is 4.50. The van der Waals surface area contributed by atoms with Crippen LogP contribution < -0.4 is 5.73 Å². The molecule has 0 fully saturated rings. The number of carbonyl (C=O) groups is 1. The number of rotatable bonds is 6. The fraction of sp³-hybridized carbons (Fsp3) is 0.188. The lowest BCUT2D eigenvalue weighted by molar-refractivity contribution is -0.142. The van der Waals surface area contributed by atoms with Crippen LogP contribution in [-0.4, -0.2) is 24.3 Å². The van der Waals surface area contributed by atoms with Crippen molar-refractivity contribution < 1.29 is 14.6 Å². The molecule has 1 unspecified atom stereocenters. The van der Waals surface area contributed by atoms with Gasteiger partial charge in [0.15, 0.2) is 0 Å². The molecular formula is C16H17NO3. The van der Waals surface area contributed by atoms with Crippen LogP contribution in [0.2, 0.25) is 0 Å². The summed E-state index contributed by atoms with van der Waals surface area (Å²) in [7, 11) is 0. The van der Waals surface area contributed by atoms with Gasteiger partial charge in [0.1, 0.15) is 6.61 Å². The summed E-state index contributed by atoms with van der Waals surface area (Å²) >= 11 is 0. The molecule has 20 heavy (non-hydrogen) atoms. The average Bonchev–Trinajstić information content (AvgIpc) is 2.48. The molecule has 0 aliphatic heterocycles. The fourth-order valence-electron chi connectivity index (χ4n) is 1.92. The molecule has 104 valence electrons. The van der Waals surface area contributed by atoms with E-state index in [9.17, 15) is 4.79 Å². The first-order valence-electron chi connectivity index (χ1n) is 6.37. The van der Waals surface area contributed by atoms with Crippen LogP contribution in [0.25, 0.3) is 11.1 Å². The van der Waals surface area contributed by atoms with Crippen molar-refractivity contribution in [2.24, 2.45) is 5.73 Å². The minimum absolute atomic E-state index is 0.191. The van der Waals surface area contributed by atoms with Gasteiger partial charge in [-0.1, -0.05) is 54.6 Å². The maximum atomic E-state index is 10.4. The van der Waals surface area contributed by atoms with Gasteiger partial charge in [0.2, 0.25) is 0 Å². The molecule has 4 heteroatoms. The summed E-state index contributed by atoms with van der Waals surface area (Å²) < 4.78 is 5.00. The van der Waals surface area contributed by atoms with E-state index in [4.69, 9.17) is 15.6 Å². The highest BCUT2D eigenvalue weighted by Gasteiger charge is 2.07. The number of benzene rings is 2. The molecule has 2 rings (SSSR count). The Kier molecular flexibility index (Phi) is 4.87. The van der Waals surface area contributed by atoms with Gasteiger partial charge in [-0.3, -0.25) is 0 Å². The van der Waals surface area contributed by atoms with Crippen molar-refractivity contribution in [2.75, 3.05) is 13.2 Å². The van der Waals surface area contributed by atoms with E-state index in [0.717, 1.165) is 16.7 Å². The number of nitrogens with two attached hydrogens (primary N) is 1. The fourth-order valence-corrected chi connectivity index (χ4v) is 1.92. The number of aliphatic carboxylic acids is 1. The van der Waals surface area contributed by atoms with Crippen LogP contribution in [0.1, 0.15) is 11.6 Å². The zero-order valence-electron chi connectivity index (χ0n) is 11.0. The maximum absolute atomic E-state index is 10.4. The van der Waals surface area contributed by atoms with Crippen LogP contribution in [0.4, 0.5) is 0 Å². The van der Waals surface area contributed by atoms with Crippen molar-refractivity contribution in [3.8, 4) is 11.1 Å². The summed E-state index contributed by atoms with van der Waals surface area (Å²) in [4.78, 5) is 10.4. The van der Waals surface area contributed by atoms with E-state index < -0.39 is 5.97 Å². The molecule has 0 saturated carbocycles. The lowest BCUT2D eigenvalue weighted by Crippen LogP contribution is -2.19. The van der Waals surface area contributed by atoms with Gasteiger partial charge < -0.3 is 15.6 Å². The lowest BCUT2D eigenvalue weighted by Gasteiger charge is -2.12. The van der Waals surface area contributed by atoms with Crippen LogP contribution in [0.5, 0.6) is 0 Å². The van der Waals surface area contributed by atoms with Gasteiger partial charge in [0, 0.05) is 0 Å². The molecule has 1 atom stereocenters. The second-order valence-electron chi connectivity index (χ2n) is 4.50. The predicted molar refractivity (Wildman–Crippen MR) is 77.3 cm³/mol. The highest BCUT2D eigenvalue weighted by atomic mass is 16.5. The Morgan fingerprint density at radius 1 is 1.05 bits per heavy atom. The molecule has 0 heterocycles. The maximum Gasteiger partial charge on any atom is 0.329 e. The third-order valence-corrected chi connectivity index (χ3v) is 2.97. The van der Waals surface area contributed by atoms with Crippen molar-refractivity contribution >= 4 is 5.97 Å². The van der Waals surface area contributed by atoms with E-state index in [-0.39, 0.29) is 19.3 Å². The molecule has 4 nitrogen and oxygen atoms in total. The third kappa shape index (κ3) is 3.91. The SMILES string of the molecule is NC(COCC(=O)O)c1ccc(-c2ccccc2)cc1. The smallest absolute Gasteiger partial charge is 0.329 e. The van der Waals surface area contributed by atoms with E-state index in [1.807, 2.05) is 54.6 Å². The van der Waals surface area contributed by atoms with Gasteiger partial charge in [0.25, 0.3) is 0 Å². The Morgan fingerprint density at radius 3 is 2.25 bits per heavy atom. The minimum Gasteiger partial charge on any atom is -0.480 e. The molecule has 0 aromatic heterocycles. The van der Waals surface area contributed by atoms with Crippen molar-refractivity contribution in [3.05, 3.63) is 60.2 Å². The standard InChI is InChI=1S/C16H17NO3/c17-15(10-20-11-16(18)19)14-8-6-13(7-9-14)12-4-2-1-3-5-12/h1-9,15H,10-11,17H2,(H,18,19). The summed E-state index contributed by atoms with van der Waals surface area (Å²) in [5, 5.41) is 8.49. The molecule has 0 aliphatic rings. The van der Waals surface area contributed by atoms with E-state index in [2.05, 4.69) is 0 Å². The largest absolute Gasteiger partial charge is 0.480 e. The number of carboxylic acids is 1. The summed E-state index contributed by atoms with van der Waals surface area (Å²) in [5.74, 6) is -0.989. The first-order valence-corrected chi connectivity index (χ1v) is 6.37. The zero-order chi connectivity index (χ0) is 14.4. The van der Waals surface area contributed by atoms with Gasteiger partial charge >= 0.3 is 5.97 Å². The Hall–Kier alpha value is -2.17. The normalized spacial score (nSPS) is 12.1. The molecule has 0 saturated heterocycles. The summed E-state index contributed by atoms with van der Waals surface area (Å²) in [6, 6.07) is 17.6. The van der Waals surface area contributed by atoms with E-state index in [1.54, 1.807) is 0 Å². The second kappa shape index (κ2) is 6.84. The van der Waals surface area contributed by atoms with Gasteiger partial charge in [0.05, 0.1) is 12.6 Å². The van der Waals surface area contributed by atoms with Crippen molar-refractivity contribution in [2.45, 2.75) is 6.04 Å². The number of ether oxygens (including phenoxy) is 1. The summed E-state index contributed by atoms with van der Waals surface area (Å²) in [6.07, 6.45) is 0. The Morgan fingerprint density at radius 2 is 1.65 bits per heavy atom. The van der Waals surface area contributed by atoms with Crippen molar-refractivity contribution in [1.82, 2.24) is 0 Å². The molecular weight excluding hydrogens is 254 g/mol. The van der Waals surface area contributed by atoms with E-state index in [0.29, 0.717) is 0 Å². The monoisotopic (exact) mass is 271 g/mol. The van der Waals surface area contributed by atoms with Crippen LogP contribution in [0.3, 0.4) is 0 Å². The summed E-state index contributed by atoms with van der Waals surface area (Å²) in [6.45, 7) is -0.132. The highest BCUT2D eigenvalue weighted by Crippen LogP contribution is 2.21. The Balaban J connectivity index is 1.99. The van der Waals surface area contributed by atoms with Gasteiger partial charge in [-0.05, 0) is 16.7 Å². The first-order chi connectivity index (χ1) is 9.66. The number of hydrogen-bond acceptors (Lipinski definition) is 3. The number of carboxylic acid groups (broad SMARTS) is 1. The summed E-state index contributed by atoms with van der Waals surface area (Å²) in [5.41, 5.74) is 9.14.